The number of carbonyl (C=O) groups excluding carboxylic acids is 2. The first kappa shape index (κ1) is 11.5. The number of hydrogen-bond donors (Lipinski definition) is 1. The van der Waals surface area contributed by atoms with Gasteiger partial charge in [0.1, 0.15) is 0 Å². The number of aromatic nitrogens is 1. The number of H-pyrrole nitrogens is 1. The van der Waals surface area contributed by atoms with Gasteiger partial charge >= 0.3 is 0 Å². The van der Waals surface area contributed by atoms with Gasteiger partial charge in [-0.25, -0.2) is 0 Å². The van der Waals surface area contributed by atoms with Crippen molar-refractivity contribution in [2.75, 3.05) is 0 Å². The van der Waals surface area contributed by atoms with Crippen LogP contribution in [0.15, 0.2) is 35.6 Å². The molecular formula is C16H15N3O2. The number of nitrogens with zero attached hydrogens (tertiary/aromatic N) is 2. The Morgan fingerprint density at radius 1 is 1.14 bits per heavy atom. The van der Waals surface area contributed by atoms with E-state index in [-0.39, 0.29) is 35.5 Å². The number of rotatable bonds is 2. The van der Waals surface area contributed by atoms with Gasteiger partial charge in [-0.2, -0.15) is 10.1 Å². The number of carbonyl (C=O) groups is 2. The average Bonchev–Trinajstić information content (AvgIpc) is 3.10. The maximum Gasteiger partial charge on any atom is 0.254 e. The molecule has 2 saturated carbocycles. The number of allylic oxidation sites excluding steroid dienone is 2. The monoisotopic (exact) mass is 281 g/mol. The standard InChI is InChI=1S/C16H15N3O2/c20-15-13-9-3-4-10(12-6-11(9)12)14(13)16(21)19(15)18-7-8-2-1-5-17-8/h1-5,7,9-14,17H,6H2/b18-7-/t9-,10-,11-,12+,13+,14+/m0/s1. The molecule has 5 nitrogen and oxygen atoms in total. The van der Waals surface area contributed by atoms with E-state index in [1.54, 1.807) is 12.4 Å². The van der Waals surface area contributed by atoms with Gasteiger partial charge in [-0.1, -0.05) is 12.2 Å². The third kappa shape index (κ3) is 1.38. The fourth-order valence-corrected chi connectivity index (χ4v) is 4.60. The average molecular weight is 281 g/mol. The van der Waals surface area contributed by atoms with Crippen molar-refractivity contribution >= 4 is 18.0 Å². The molecule has 0 aromatic carbocycles. The lowest BCUT2D eigenvalue weighted by atomic mass is 9.63. The van der Waals surface area contributed by atoms with E-state index in [1.165, 1.54) is 6.42 Å². The van der Waals surface area contributed by atoms with Crippen molar-refractivity contribution in [3.05, 3.63) is 36.2 Å². The minimum atomic E-state index is -0.169. The second-order valence-corrected chi connectivity index (χ2v) is 6.51. The zero-order valence-electron chi connectivity index (χ0n) is 11.3. The fraction of sp³-hybridized carbons (Fsp3) is 0.438. The first-order chi connectivity index (χ1) is 10.3. The van der Waals surface area contributed by atoms with Crippen LogP contribution in [0.2, 0.25) is 0 Å². The van der Waals surface area contributed by atoms with Crippen molar-refractivity contribution in [2.24, 2.45) is 40.6 Å². The molecule has 1 aromatic heterocycles. The topological polar surface area (TPSA) is 65.5 Å². The number of hydrazone groups is 1. The van der Waals surface area contributed by atoms with E-state index in [9.17, 15) is 9.59 Å². The maximum atomic E-state index is 12.6. The Labute approximate surface area is 121 Å². The van der Waals surface area contributed by atoms with Crippen LogP contribution in [0.5, 0.6) is 0 Å². The first-order valence-electron chi connectivity index (χ1n) is 7.49. The van der Waals surface area contributed by atoms with Gasteiger partial charge < -0.3 is 4.98 Å². The Balaban J connectivity index is 1.48. The SMILES string of the molecule is O=C1[C@@H]2[C@H]3C=C[C@@H]([C@@H]4C[C@H]34)[C@H]2C(=O)N1/N=C\c1ccc[nH]1. The zero-order valence-corrected chi connectivity index (χ0v) is 11.3. The predicted molar refractivity (Wildman–Crippen MR) is 74.9 cm³/mol. The van der Waals surface area contributed by atoms with E-state index in [0.29, 0.717) is 11.8 Å². The molecule has 2 bridgehead atoms. The minimum Gasteiger partial charge on any atom is -0.360 e. The Morgan fingerprint density at radius 2 is 1.81 bits per heavy atom. The summed E-state index contributed by atoms with van der Waals surface area (Å²) >= 11 is 0. The molecule has 0 unspecified atom stereocenters. The highest BCUT2D eigenvalue weighted by Gasteiger charge is 2.67. The second kappa shape index (κ2) is 3.72. The molecule has 3 fully saturated rings. The maximum absolute atomic E-state index is 12.6. The van der Waals surface area contributed by atoms with Crippen LogP contribution in [0.25, 0.3) is 0 Å². The molecule has 21 heavy (non-hydrogen) atoms. The van der Waals surface area contributed by atoms with Crippen LogP contribution < -0.4 is 0 Å². The third-order valence-corrected chi connectivity index (χ3v) is 5.57. The predicted octanol–water partition coefficient (Wildman–Crippen LogP) is 1.40. The zero-order chi connectivity index (χ0) is 14.1. The Kier molecular flexibility index (Phi) is 2.04. The normalized spacial score (nSPS) is 42.8. The van der Waals surface area contributed by atoms with Crippen molar-refractivity contribution in [3.8, 4) is 0 Å². The van der Waals surface area contributed by atoms with Crippen molar-refractivity contribution in [2.45, 2.75) is 6.42 Å². The van der Waals surface area contributed by atoms with Crippen molar-refractivity contribution in [3.63, 3.8) is 0 Å². The lowest BCUT2D eigenvalue weighted by Crippen LogP contribution is -2.40. The molecule has 5 aliphatic rings. The Hall–Kier alpha value is -2.17. The minimum absolute atomic E-state index is 0.113. The van der Waals surface area contributed by atoms with Crippen LogP contribution in [0.4, 0.5) is 0 Å². The second-order valence-electron chi connectivity index (χ2n) is 6.51. The van der Waals surface area contributed by atoms with Crippen molar-refractivity contribution in [1.82, 2.24) is 9.99 Å². The molecule has 2 heterocycles. The van der Waals surface area contributed by atoms with Gasteiger partial charge in [-0.3, -0.25) is 9.59 Å². The summed E-state index contributed by atoms with van der Waals surface area (Å²) in [6.45, 7) is 0. The van der Waals surface area contributed by atoms with Crippen LogP contribution in [-0.2, 0) is 9.59 Å². The molecule has 6 atom stereocenters. The Bertz CT molecular complexity index is 654. The summed E-state index contributed by atoms with van der Waals surface area (Å²) < 4.78 is 0. The summed E-state index contributed by atoms with van der Waals surface area (Å²) in [7, 11) is 0. The van der Waals surface area contributed by atoms with Crippen LogP contribution in [0.3, 0.4) is 0 Å². The van der Waals surface area contributed by atoms with Crippen LogP contribution in [0.1, 0.15) is 12.1 Å². The van der Waals surface area contributed by atoms with Gasteiger partial charge in [-0.05, 0) is 42.2 Å². The van der Waals surface area contributed by atoms with Crippen molar-refractivity contribution in [1.29, 1.82) is 0 Å². The van der Waals surface area contributed by atoms with Gasteiger partial charge in [0.15, 0.2) is 0 Å². The Morgan fingerprint density at radius 3 is 2.38 bits per heavy atom. The van der Waals surface area contributed by atoms with E-state index < -0.39 is 0 Å². The van der Waals surface area contributed by atoms with E-state index in [0.717, 1.165) is 10.7 Å². The van der Waals surface area contributed by atoms with Crippen LogP contribution >= 0.6 is 0 Å². The molecule has 4 aliphatic carbocycles. The highest BCUT2D eigenvalue weighted by Crippen LogP contribution is 2.65. The fourth-order valence-electron chi connectivity index (χ4n) is 4.60. The summed E-state index contributed by atoms with van der Waals surface area (Å²) in [6, 6.07) is 3.70. The molecule has 6 rings (SSSR count). The summed E-state index contributed by atoms with van der Waals surface area (Å²) in [5, 5.41) is 5.24. The lowest BCUT2D eigenvalue weighted by molar-refractivity contribution is -0.140. The number of hydrogen-bond acceptors (Lipinski definition) is 3. The number of aromatic amines is 1. The molecule has 106 valence electrons. The van der Waals surface area contributed by atoms with Gasteiger partial charge in [0, 0.05) is 6.20 Å². The molecule has 1 saturated heterocycles. The highest BCUT2D eigenvalue weighted by atomic mass is 16.2. The van der Waals surface area contributed by atoms with Gasteiger partial charge in [0.2, 0.25) is 0 Å². The first-order valence-corrected chi connectivity index (χ1v) is 7.49. The molecule has 0 spiro atoms. The lowest BCUT2D eigenvalue weighted by Gasteiger charge is -2.37. The molecule has 1 aromatic rings. The quantitative estimate of drug-likeness (QED) is 0.506. The number of amides is 2. The molecular weight excluding hydrogens is 266 g/mol. The van der Waals surface area contributed by atoms with Crippen LogP contribution in [0, 0.1) is 35.5 Å². The van der Waals surface area contributed by atoms with Gasteiger partial charge in [0.25, 0.3) is 11.8 Å². The van der Waals surface area contributed by atoms with Crippen molar-refractivity contribution < 1.29 is 9.59 Å². The van der Waals surface area contributed by atoms with Gasteiger partial charge in [0.05, 0.1) is 23.7 Å². The molecule has 2 amide bonds. The third-order valence-electron chi connectivity index (χ3n) is 5.57. The number of nitrogens with one attached hydrogen (secondary N) is 1. The molecule has 1 N–H and O–H groups in total. The summed E-state index contributed by atoms with van der Waals surface area (Å²) in [5.41, 5.74) is 0.786. The number of imide groups is 1. The smallest absolute Gasteiger partial charge is 0.254 e. The van der Waals surface area contributed by atoms with E-state index in [4.69, 9.17) is 0 Å². The van der Waals surface area contributed by atoms with E-state index >= 15 is 0 Å². The molecule has 5 heteroatoms. The highest BCUT2D eigenvalue weighted by molar-refractivity contribution is 6.06. The van der Waals surface area contributed by atoms with E-state index in [1.807, 2.05) is 12.1 Å². The van der Waals surface area contributed by atoms with E-state index in [2.05, 4.69) is 22.2 Å². The molecule has 1 aliphatic heterocycles. The molecule has 0 radical (unpaired) electrons. The summed E-state index contributed by atoms with van der Waals surface area (Å²) in [4.78, 5) is 28.2. The largest absolute Gasteiger partial charge is 0.360 e. The van der Waals surface area contributed by atoms with Gasteiger partial charge in [-0.15, -0.1) is 0 Å². The summed E-state index contributed by atoms with van der Waals surface area (Å²) in [6.07, 6.45) is 8.85. The summed E-state index contributed by atoms with van der Waals surface area (Å²) in [5.74, 6) is 1.21. The van der Waals surface area contributed by atoms with Crippen LogP contribution in [-0.4, -0.2) is 28.0 Å².